The van der Waals surface area contributed by atoms with Crippen molar-refractivity contribution in [3.63, 3.8) is 0 Å². The number of halogens is 2. The van der Waals surface area contributed by atoms with Gasteiger partial charge in [0.25, 0.3) is 0 Å². The Balaban J connectivity index is 2.47. The van der Waals surface area contributed by atoms with E-state index in [4.69, 9.17) is 11.6 Å². The van der Waals surface area contributed by atoms with Gasteiger partial charge in [-0.2, -0.15) is 0 Å². The molecule has 94 valence electrons. The van der Waals surface area contributed by atoms with Crippen LogP contribution in [-0.2, 0) is 0 Å². The van der Waals surface area contributed by atoms with Crippen molar-refractivity contribution in [2.45, 2.75) is 13.0 Å². The summed E-state index contributed by atoms with van der Waals surface area (Å²) < 4.78 is 13.8. The molecule has 0 fully saturated rings. The van der Waals surface area contributed by atoms with E-state index in [2.05, 4.69) is 15.3 Å². The summed E-state index contributed by atoms with van der Waals surface area (Å²) in [6, 6.07) is 4.75. The molecule has 1 atom stereocenters. The third-order valence-corrected chi connectivity index (χ3v) is 2.90. The summed E-state index contributed by atoms with van der Waals surface area (Å²) in [6.45, 7) is 2.63. The Morgan fingerprint density at radius 3 is 2.89 bits per heavy atom. The Morgan fingerprint density at radius 2 is 2.22 bits per heavy atom. The van der Waals surface area contributed by atoms with E-state index in [0.717, 1.165) is 0 Å². The van der Waals surface area contributed by atoms with Crippen LogP contribution in [0.2, 0.25) is 5.02 Å². The number of nitrogens with zero attached hydrogens (tertiary/aromatic N) is 2. The van der Waals surface area contributed by atoms with Crippen LogP contribution in [0.1, 0.15) is 24.2 Å². The Bertz CT molecular complexity index is 488. The summed E-state index contributed by atoms with van der Waals surface area (Å²) in [7, 11) is 0. The lowest BCUT2D eigenvalue weighted by atomic mass is 10.0. The van der Waals surface area contributed by atoms with E-state index in [1.807, 2.05) is 6.92 Å². The van der Waals surface area contributed by atoms with Gasteiger partial charge in [-0.15, -0.1) is 0 Å². The van der Waals surface area contributed by atoms with Crippen LogP contribution in [0.4, 0.5) is 4.39 Å². The van der Waals surface area contributed by atoms with Gasteiger partial charge in [-0.25, -0.2) is 4.39 Å². The molecule has 0 bridgehead atoms. The van der Waals surface area contributed by atoms with Gasteiger partial charge in [0.05, 0.1) is 23.0 Å². The average Bonchev–Trinajstić information content (AvgIpc) is 2.38. The molecule has 2 aromatic heterocycles. The van der Waals surface area contributed by atoms with Crippen molar-refractivity contribution >= 4 is 11.6 Å². The first kappa shape index (κ1) is 12.9. The van der Waals surface area contributed by atoms with Crippen LogP contribution in [0.5, 0.6) is 0 Å². The minimum absolute atomic E-state index is 0.369. The van der Waals surface area contributed by atoms with Gasteiger partial charge in [0.1, 0.15) is 5.82 Å². The van der Waals surface area contributed by atoms with Crippen LogP contribution in [0.3, 0.4) is 0 Å². The fourth-order valence-electron chi connectivity index (χ4n) is 1.79. The Morgan fingerprint density at radius 1 is 1.39 bits per heavy atom. The van der Waals surface area contributed by atoms with E-state index in [-0.39, 0.29) is 11.9 Å². The summed E-state index contributed by atoms with van der Waals surface area (Å²) in [5, 5.41) is 3.70. The molecule has 18 heavy (non-hydrogen) atoms. The van der Waals surface area contributed by atoms with E-state index < -0.39 is 0 Å². The second kappa shape index (κ2) is 5.89. The predicted molar refractivity (Wildman–Crippen MR) is 69.0 cm³/mol. The van der Waals surface area contributed by atoms with Crippen molar-refractivity contribution in [1.29, 1.82) is 0 Å². The van der Waals surface area contributed by atoms with E-state index in [0.29, 0.717) is 22.8 Å². The van der Waals surface area contributed by atoms with Gasteiger partial charge in [-0.3, -0.25) is 9.97 Å². The third-order valence-electron chi connectivity index (χ3n) is 2.58. The molecule has 5 heteroatoms. The number of rotatable bonds is 4. The van der Waals surface area contributed by atoms with Gasteiger partial charge < -0.3 is 5.32 Å². The summed E-state index contributed by atoms with van der Waals surface area (Å²) in [5.74, 6) is -0.370. The number of pyridine rings is 2. The lowest BCUT2D eigenvalue weighted by Gasteiger charge is -2.19. The highest BCUT2D eigenvalue weighted by Crippen LogP contribution is 2.27. The van der Waals surface area contributed by atoms with Crippen LogP contribution in [-0.4, -0.2) is 16.5 Å². The highest BCUT2D eigenvalue weighted by Gasteiger charge is 2.20. The first-order chi connectivity index (χ1) is 8.74. The normalized spacial score (nSPS) is 12.4. The van der Waals surface area contributed by atoms with Crippen LogP contribution >= 0.6 is 11.6 Å². The fraction of sp³-hybridized carbons (Fsp3) is 0.231. The maximum Gasteiger partial charge on any atom is 0.146 e. The molecule has 0 radical (unpaired) electrons. The Hall–Kier alpha value is -1.52. The van der Waals surface area contributed by atoms with Crippen molar-refractivity contribution < 1.29 is 4.39 Å². The van der Waals surface area contributed by atoms with E-state index in [1.165, 1.54) is 6.20 Å². The van der Waals surface area contributed by atoms with Gasteiger partial charge >= 0.3 is 0 Å². The highest BCUT2D eigenvalue weighted by molar-refractivity contribution is 6.31. The molecule has 0 aliphatic carbocycles. The van der Waals surface area contributed by atoms with E-state index in [1.54, 1.807) is 30.6 Å². The Kier molecular flexibility index (Phi) is 4.23. The van der Waals surface area contributed by atoms with Crippen molar-refractivity contribution in [2.75, 3.05) is 6.54 Å². The fourth-order valence-corrected chi connectivity index (χ4v) is 2.02. The zero-order valence-corrected chi connectivity index (χ0v) is 10.7. The first-order valence-corrected chi connectivity index (χ1v) is 6.05. The molecule has 0 amide bonds. The maximum atomic E-state index is 13.8. The van der Waals surface area contributed by atoms with Gasteiger partial charge in [-0.05, 0) is 24.7 Å². The second-order valence-corrected chi connectivity index (χ2v) is 4.17. The minimum Gasteiger partial charge on any atom is -0.305 e. The molecular formula is C13H13ClFN3. The molecule has 0 saturated heterocycles. The quantitative estimate of drug-likeness (QED) is 0.924. The van der Waals surface area contributed by atoms with Gasteiger partial charge in [0.15, 0.2) is 0 Å². The largest absolute Gasteiger partial charge is 0.305 e. The molecule has 3 nitrogen and oxygen atoms in total. The number of hydrogen-bond acceptors (Lipinski definition) is 3. The number of hydrogen-bond donors (Lipinski definition) is 1. The summed E-state index contributed by atoms with van der Waals surface area (Å²) >= 11 is 6.12. The maximum absolute atomic E-state index is 13.8. The van der Waals surface area contributed by atoms with Crippen LogP contribution in [0.15, 0.2) is 36.8 Å². The smallest absolute Gasteiger partial charge is 0.146 e. The van der Waals surface area contributed by atoms with Crippen LogP contribution in [0.25, 0.3) is 0 Å². The molecule has 1 unspecified atom stereocenters. The minimum atomic E-state index is -0.370. The molecule has 0 spiro atoms. The lowest BCUT2D eigenvalue weighted by Crippen LogP contribution is -2.24. The van der Waals surface area contributed by atoms with Gasteiger partial charge in [-0.1, -0.05) is 18.5 Å². The first-order valence-electron chi connectivity index (χ1n) is 5.67. The average molecular weight is 266 g/mol. The molecule has 0 aromatic carbocycles. The monoisotopic (exact) mass is 265 g/mol. The zero-order valence-electron chi connectivity index (χ0n) is 9.90. The summed E-state index contributed by atoms with van der Waals surface area (Å²) in [6.07, 6.45) is 4.39. The summed E-state index contributed by atoms with van der Waals surface area (Å²) in [5.41, 5.74) is 1.11. The zero-order chi connectivity index (χ0) is 13.0. The standard InChI is InChI=1S/C13H13ClFN3/c1-2-17-12(9-5-7-16-8-11(9)15)13-10(14)4-3-6-18-13/h3-8,12,17H,2H2,1H3. The highest BCUT2D eigenvalue weighted by atomic mass is 35.5. The van der Waals surface area contributed by atoms with Crippen molar-refractivity contribution in [2.24, 2.45) is 0 Å². The van der Waals surface area contributed by atoms with Crippen LogP contribution < -0.4 is 5.32 Å². The number of nitrogens with one attached hydrogen (secondary N) is 1. The molecule has 0 saturated carbocycles. The molecule has 1 N–H and O–H groups in total. The van der Waals surface area contributed by atoms with Crippen molar-refractivity contribution in [3.05, 3.63) is 58.9 Å². The molecule has 2 heterocycles. The second-order valence-electron chi connectivity index (χ2n) is 3.76. The van der Waals surface area contributed by atoms with Crippen LogP contribution in [0, 0.1) is 5.82 Å². The molecule has 0 aliphatic rings. The molecule has 0 aliphatic heterocycles. The molecular weight excluding hydrogens is 253 g/mol. The molecule has 2 aromatic rings. The Labute approximate surface area is 110 Å². The summed E-state index contributed by atoms with van der Waals surface area (Å²) in [4.78, 5) is 7.98. The lowest BCUT2D eigenvalue weighted by molar-refractivity contribution is 0.548. The molecule has 2 rings (SSSR count). The van der Waals surface area contributed by atoms with E-state index >= 15 is 0 Å². The third kappa shape index (κ3) is 2.66. The van der Waals surface area contributed by atoms with Crippen molar-refractivity contribution in [1.82, 2.24) is 15.3 Å². The van der Waals surface area contributed by atoms with Gasteiger partial charge in [0, 0.05) is 18.0 Å². The predicted octanol–water partition coefficient (Wildman–Crippen LogP) is 2.97. The van der Waals surface area contributed by atoms with E-state index in [9.17, 15) is 4.39 Å². The van der Waals surface area contributed by atoms with Gasteiger partial charge in [0.2, 0.25) is 0 Å². The van der Waals surface area contributed by atoms with Crippen molar-refractivity contribution in [3.8, 4) is 0 Å². The number of aromatic nitrogens is 2. The SMILES string of the molecule is CCNC(c1ccncc1F)c1ncccc1Cl. The topological polar surface area (TPSA) is 37.8 Å².